The van der Waals surface area contributed by atoms with Gasteiger partial charge in [-0.25, -0.2) is 0 Å². The molecule has 0 saturated carbocycles. The lowest BCUT2D eigenvalue weighted by Crippen LogP contribution is -2.51. The number of halogens is 3. The molecule has 90 valence electrons. The molecule has 0 amide bonds. The van der Waals surface area contributed by atoms with E-state index in [-0.39, 0.29) is 0 Å². The van der Waals surface area contributed by atoms with Crippen molar-refractivity contribution in [1.29, 1.82) is 0 Å². The summed E-state index contributed by atoms with van der Waals surface area (Å²) in [5.74, 6) is -3.01. The number of aliphatic carboxylic acids is 1. The summed E-state index contributed by atoms with van der Waals surface area (Å²) in [7, 11) is 0. The van der Waals surface area contributed by atoms with Gasteiger partial charge in [-0.05, 0) is 6.92 Å². The Labute approximate surface area is 90.7 Å². The molecule has 1 aromatic rings. The zero-order valence-corrected chi connectivity index (χ0v) is 8.62. The Kier molecular flexibility index (Phi) is 5.52. The summed E-state index contributed by atoms with van der Waals surface area (Å²) in [4.78, 5) is 8.78. The Hall–Kier alpha value is -1.56. The van der Waals surface area contributed by atoms with E-state index >= 15 is 0 Å². The van der Waals surface area contributed by atoms with E-state index in [1.165, 1.54) is 5.56 Å². The molecule has 0 saturated heterocycles. The van der Waals surface area contributed by atoms with E-state index in [1.54, 1.807) is 0 Å². The summed E-state index contributed by atoms with van der Waals surface area (Å²) in [6.45, 7) is 2.09. The molecule has 0 bridgehead atoms. The Morgan fingerprint density at radius 3 is 1.88 bits per heavy atom. The molecule has 1 atom stereocenters. The molecule has 1 rings (SSSR count). The molecule has 0 spiro atoms. The van der Waals surface area contributed by atoms with E-state index in [4.69, 9.17) is 9.90 Å². The van der Waals surface area contributed by atoms with Crippen molar-refractivity contribution in [2.45, 2.75) is 19.1 Å². The zero-order chi connectivity index (χ0) is 12.8. The maximum absolute atomic E-state index is 10.5. The van der Waals surface area contributed by atoms with Gasteiger partial charge in [-0.15, -0.1) is 0 Å². The lowest BCUT2D eigenvalue weighted by molar-refractivity contribution is -0.420. The van der Waals surface area contributed by atoms with Gasteiger partial charge in [-0.1, -0.05) is 30.3 Å². The number of quaternary nitrogens is 1. The van der Waals surface area contributed by atoms with Crippen LogP contribution >= 0.6 is 0 Å². The minimum Gasteiger partial charge on any atom is -0.542 e. The van der Waals surface area contributed by atoms with Gasteiger partial charge in [0.2, 0.25) is 0 Å². The van der Waals surface area contributed by atoms with Gasteiger partial charge in [0.25, 0.3) is 0 Å². The van der Waals surface area contributed by atoms with Crippen molar-refractivity contribution in [2.75, 3.05) is 0 Å². The van der Waals surface area contributed by atoms with Crippen LogP contribution in [0.25, 0.3) is 0 Å². The van der Waals surface area contributed by atoms with Crippen LogP contribution in [0.5, 0.6) is 0 Å². The van der Waals surface area contributed by atoms with Gasteiger partial charge in [-0.2, -0.15) is 13.2 Å². The summed E-state index contributed by atoms with van der Waals surface area (Å²) in [5, 5.41) is 8.78. The van der Waals surface area contributed by atoms with Gasteiger partial charge < -0.3 is 15.6 Å². The van der Waals surface area contributed by atoms with Crippen LogP contribution in [-0.2, 0) is 4.79 Å². The molecule has 0 radical (unpaired) electrons. The van der Waals surface area contributed by atoms with Gasteiger partial charge in [0.15, 0.2) is 0 Å². The Bertz CT molecular complexity index is 323. The molecular weight excluding hydrogens is 223 g/mol. The van der Waals surface area contributed by atoms with Crippen LogP contribution in [-0.4, -0.2) is 12.1 Å². The molecule has 0 aliphatic carbocycles. The molecular formula is C10H12F3NO2. The molecule has 1 unspecified atom stereocenters. The highest BCUT2D eigenvalue weighted by molar-refractivity contribution is 5.70. The van der Waals surface area contributed by atoms with Gasteiger partial charge in [-0.3, -0.25) is 0 Å². The summed E-state index contributed by atoms with van der Waals surface area (Å²) in [6, 6.07) is 10.7. The molecule has 0 fully saturated rings. The van der Waals surface area contributed by atoms with Gasteiger partial charge >= 0.3 is 6.18 Å². The van der Waals surface area contributed by atoms with Crippen molar-refractivity contribution in [3.05, 3.63) is 35.9 Å². The van der Waals surface area contributed by atoms with Crippen LogP contribution in [0.4, 0.5) is 13.2 Å². The van der Waals surface area contributed by atoms with E-state index in [1.807, 2.05) is 18.2 Å². The zero-order valence-electron chi connectivity index (χ0n) is 8.62. The third-order valence-corrected chi connectivity index (χ3v) is 1.60. The molecule has 1 aromatic carbocycles. The lowest BCUT2D eigenvalue weighted by atomic mass is 10.1. The smallest absolute Gasteiger partial charge is 0.430 e. The Morgan fingerprint density at radius 1 is 1.31 bits per heavy atom. The fourth-order valence-electron chi connectivity index (χ4n) is 0.782. The van der Waals surface area contributed by atoms with E-state index < -0.39 is 12.1 Å². The standard InChI is InChI=1S/C8H11N.C2HF3O2/c1-7(9)8-5-3-2-4-6-8;3-2(4,5)1(6)7/h2-7H,9H2,1H3;(H,6,7). The number of carbonyl (C=O) groups excluding carboxylic acids is 1. The fourth-order valence-corrected chi connectivity index (χ4v) is 0.782. The summed E-state index contributed by atoms with van der Waals surface area (Å²) < 4.78 is 31.5. The number of carboxylic acids is 1. The predicted molar refractivity (Wildman–Crippen MR) is 48.8 cm³/mol. The summed E-state index contributed by atoms with van der Waals surface area (Å²) in [6.07, 6.45) is -5.19. The lowest BCUT2D eigenvalue weighted by Gasteiger charge is -2.03. The van der Waals surface area contributed by atoms with Crippen molar-refractivity contribution in [3.8, 4) is 0 Å². The van der Waals surface area contributed by atoms with E-state index in [2.05, 4.69) is 24.8 Å². The van der Waals surface area contributed by atoms with Crippen molar-refractivity contribution < 1.29 is 28.8 Å². The topological polar surface area (TPSA) is 67.8 Å². The van der Waals surface area contributed by atoms with Crippen LogP contribution in [0.15, 0.2) is 30.3 Å². The van der Waals surface area contributed by atoms with Crippen LogP contribution in [0, 0.1) is 0 Å². The highest BCUT2D eigenvalue weighted by Gasteiger charge is 2.28. The average Bonchev–Trinajstić information content (AvgIpc) is 2.18. The normalized spacial score (nSPS) is 12.3. The molecule has 0 aromatic heterocycles. The highest BCUT2D eigenvalue weighted by Crippen LogP contribution is 2.11. The van der Waals surface area contributed by atoms with Crippen molar-refractivity contribution in [1.82, 2.24) is 0 Å². The first-order chi connectivity index (χ1) is 7.25. The Balaban J connectivity index is 0.000000293. The second-order valence-corrected chi connectivity index (χ2v) is 3.10. The van der Waals surface area contributed by atoms with Gasteiger partial charge in [0.1, 0.15) is 12.0 Å². The molecule has 0 aliphatic heterocycles. The van der Waals surface area contributed by atoms with Crippen molar-refractivity contribution in [3.63, 3.8) is 0 Å². The predicted octanol–water partition coefficient (Wildman–Crippen LogP) is 0.288. The first-order valence-electron chi connectivity index (χ1n) is 4.41. The number of rotatable bonds is 1. The number of carbonyl (C=O) groups is 1. The number of hydrogen-bond acceptors (Lipinski definition) is 2. The summed E-state index contributed by atoms with van der Waals surface area (Å²) >= 11 is 0. The number of alkyl halides is 3. The molecule has 0 aliphatic rings. The maximum atomic E-state index is 10.5. The number of benzene rings is 1. The quantitative estimate of drug-likeness (QED) is 0.760. The monoisotopic (exact) mass is 235 g/mol. The third-order valence-electron chi connectivity index (χ3n) is 1.60. The van der Waals surface area contributed by atoms with E-state index in [9.17, 15) is 13.2 Å². The van der Waals surface area contributed by atoms with E-state index in [0.717, 1.165) is 0 Å². The second kappa shape index (κ2) is 6.12. The van der Waals surface area contributed by atoms with Crippen LogP contribution in [0.3, 0.4) is 0 Å². The molecule has 6 heteroatoms. The van der Waals surface area contributed by atoms with Gasteiger partial charge in [0, 0.05) is 5.56 Å². The third kappa shape index (κ3) is 6.02. The molecule has 16 heavy (non-hydrogen) atoms. The van der Waals surface area contributed by atoms with Gasteiger partial charge in [0.05, 0.1) is 0 Å². The SMILES string of the molecule is CC([NH3+])c1ccccc1.O=C([O-])C(F)(F)F. The van der Waals surface area contributed by atoms with Crippen LogP contribution < -0.4 is 10.8 Å². The maximum Gasteiger partial charge on any atom is 0.430 e. The fraction of sp³-hybridized carbons (Fsp3) is 0.300. The van der Waals surface area contributed by atoms with Crippen LogP contribution in [0.2, 0.25) is 0 Å². The van der Waals surface area contributed by atoms with Crippen molar-refractivity contribution >= 4 is 5.97 Å². The summed E-state index contributed by atoms with van der Waals surface area (Å²) in [5.41, 5.74) is 5.21. The number of hydrogen-bond donors (Lipinski definition) is 1. The molecule has 3 N–H and O–H groups in total. The first-order valence-corrected chi connectivity index (χ1v) is 4.41. The minimum atomic E-state index is -5.19. The largest absolute Gasteiger partial charge is 0.542 e. The highest BCUT2D eigenvalue weighted by atomic mass is 19.4. The average molecular weight is 235 g/mol. The number of carboxylic acid groups (broad SMARTS) is 1. The minimum absolute atomic E-state index is 0.409. The molecule has 3 nitrogen and oxygen atoms in total. The first kappa shape index (κ1) is 14.4. The second-order valence-electron chi connectivity index (χ2n) is 3.10. The van der Waals surface area contributed by atoms with Crippen molar-refractivity contribution in [2.24, 2.45) is 0 Å². The Morgan fingerprint density at radius 2 is 1.69 bits per heavy atom. The van der Waals surface area contributed by atoms with Crippen LogP contribution in [0.1, 0.15) is 18.5 Å². The molecule has 0 heterocycles. The van der Waals surface area contributed by atoms with E-state index in [0.29, 0.717) is 6.04 Å².